The quantitative estimate of drug-likeness (QED) is 0.419. The van der Waals surface area contributed by atoms with Crippen LogP contribution >= 0.6 is 0 Å². The van der Waals surface area contributed by atoms with Crippen LogP contribution in [0.15, 0.2) is 22.7 Å². The summed E-state index contributed by atoms with van der Waals surface area (Å²) in [5.41, 5.74) is 0. The van der Waals surface area contributed by atoms with Crippen LogP contribution in [0.2, 0.25) is 0 Å². The minimum atomic E-state index is 1.05. The molecule has 0 radical (unpaired) electrons. The summed E-state index contributed by atoms with van der Waals surface area (Å²) in [7, 11) is 0. The second-order valence-corrected chi connectivity index (χ2v) is 2.19. The number of rotatable bonds is 2. The number of allylic oxidation sites excluding steroid dienone is 4. The molecule has 0 saturated carbocycles. The molecule has 8 heavy (non-hydrogen) atoms. The van der Waals surface area contributed by atoms with E-state index < -0.39 is 0 Å². The van der Waals surface area contributed by atoms with Crippen molar-refractivity contribution in [3.8, 4) is 0 Å². The first-order valence-electron chi connectivity index (χ1n) is 2.77. The van der Waals surface area contributed by atoms with Crippen molar-refractivity contribution in [3.63, 3.8) is 0 Å². The molecule has 0 bridgehead atoms. The molecule has 0 N–H and O–H groups in total. The van der Waals surface area contributed by atoms with E-state index in [-0.39, 0.29) is 0 Å². The zero-order valence-corrected chi connectivity index (χ0v) is 6.40. The van der Waals surface area contributed by atoms with E-state index in [9.17, 15) is 0 Å². The third kappa shape index (κ3) is 4.17. The van der Waals surface area contributed by atoms with Crippen LogP contribution < -0.4 is 0 Å². The zero-order valence-electron chi connectivity index (χ0n) is 5.29. The van der Waals surface area contributed by atoms with Gasteiger partial charge in [-0.15, -0.1) is 0 Å². The van der Waals surface area contributed by atoms with Gasteiger partial charge in [-0.1, -0.05) is 0 Å². The minimum absolute atomic E-state index is 1.05. The van der Waals surface area contributed by atoms with Gasteiger partial charge in [0.1, 0.15) is 0 Å². The van der Waals surface area contributed by atoms with Gasteiger partial charge in [0, 0.05) is 0 Å². The Bertz CT molecular complexity index is 101. The standard InChI is InChI=1S/C7H11.Fe/c1-3-5-7-6-4-2;/h3,5,7H,4H2,1-2H3;. The molecular formula is C7H11Fe. The Hall–Kier alpha value is -0.000519. The van der Waals surface area contributed by atoms with Gasteiger partial charge in [-0.3, -0.25) is 0 Å². The Kier molecular flexibility index (Phi) is 5.14. The normalized spacial score (nSPS) is 13.1. The van der Waals surface area contributed by atoms with Gasteiger partial charge in [0.25, 0.3) is 0 Å². The average Bonchev–Trinajstić information content (AvgIpc) is 1.83. The van der Waals surface area contributed by atoms with Crippen molar-refractivity contribution < 1.29 is 16.0 Å². The molecule has 0 unspecified atom stereocenters. The monoisotopic (exact) mass is 151 g/mol. The summed E-state index contributed by atoms with van der Waals surface area (Å²) in [4.78, 5) is 0. The molecule has 0 amide bonds. The molecule has 1 heteroatoms. The second kappa shape index (κ2) is 5.14. The van der Waals surface area contributed by atoms with Crippen LogP contribution in [0.4, 0.5) is 0 Å². The summed E-state index contributed by atoms with van der Waals surface area (Å²) in [6.45, 7) is 4.10. The van der Waals surface area contributed by atoms with Gasteiger partial charge in [-0.25, -0.2) is 0 Å². The topological polar surface area (TPSA) is 0 Å². The SMILES string of the molecule is CC=CC=[C]([Fe])CC. The van der Waals surface area contributed by atoms with E-state index in [0.717, 1.165) is 6.42 Å². The van der Waals surface area contributed by atoms with E-state index in [4.69, 9.17) is 0 Å². The van der Waals surface area contributed by atoms with Crippen molar-refractivity contribution in [3.05, 3.63) is 22.7 Å². The molecule has 0 nitrogen and oxygen atoms in total. The Balaban J connectivity index is 3.57. The van der Waals surface area contributed by atoms with Crippen LogP contribution in [0.1, 0.15) is 20.3 Å². The molecule has 0 aromatic rings. The zero-order chi connectivity index (χ0) is 6.41. The van der Waals surface area contributed by atoms with Gasteiger partial charge >= 0.3 is 59.0 Å². The van der Waals surface area contributed by atoms with Crippen LogP contribution in [0.3, 0.4) is 0 Å². The molecule has 0 aliphatic rings. The van der Waals surface area contributed by atoms with E-state index in [1.54, 1.807) is 0 Å². The number of hydrogen-bond donors (Lipinski definition) is 0. The first-order chi connectivity index (χ1) is 3.81. The van der Waals surface area contributed by atoms with Gasteiger partial charge < -0.3 is 0 Å². The van der Waals surface area contributed by atoms with Crippen LogP contribution in [-0.4, -0.2) is 0 Å². The third-order valence-corrected chi connectivity index (χ3v) is 1.37. The van der Waals surface area contributed by atoms with Crippen LogP contribution in [0, 0.1) is 0 Å². The van der Waals surface area contributed by atoms with Crippen molar-refractivity contribution in [1.82, 2.24) is 0 Å². The fraction of sp³-hybridized carbons (Fsp3) is 0.429. The molecule has 0 aromatic carbocycles. The van der Waals surface area contributed by atoms with Gasteiger partial charge in [-0.2, -0.15) is 0 Å². The van der Waals surface area contributed by atoms with E-state index in [0.29, 0.717) is 0 Å². The summed E-state index contributed by atoms with van der Waals surface area (Å²) < 4.78 is 1.18. The van der Waals surface area contributed by atoms with E-state index in [1.165, 1.54) is 4.47 Å². The fourth-order valence-electron chi connectivity index (χ4n) is 0.316. The summed E-state index contributed by atoms with van der Waals surface area (Å²) in [6.07, 6.45) is 7.08. The van der Waals surface area contributed by atoms with Gasteiger partial charge in [0.05, 0.1) is 0 Å². The summed E-state index contributed by atoms with van der Waals surface area (Å²) in [5, 5.41) is 0. The molecule has 0 heterocycles. The molecule has 0 aromatic heterocycles. The van der Waals surface area contributed by atoms with Crippen molar-refractivity contribution in [1.29, 1.82) is 0 Å². The van der Waals surface area contributed by atoms with Crippen molar-refractivity contribution in [2.45, 2.75) is 20.3 Å². The Morgan fingerprint density at radius 3 is 2.62 bits per heavy atom. The molecule has 0 atom stereocenters. The second-order valence-electron chi connectivity index (χ2n) is 1.48. The maximum absolute atomic E-state index is 3.80. The number of hydrogen-bond acceptors (Lipinski definition) is 0. The fourth-order valence-corrected chi connectivity index (χ4v) is 0.422. The Morgan fingerprint density at radius 2 is 2.25 bits per heavy atom. The van der Waals surface area contributed by atoms with Crippen LogP contribution in [-0.2, 0) is 16.0 Å². The molecule has 0 aliphatic carbocycles. The van der Waals surface area contributed by atoms with Gasteiger partial charge in [-0.05, 0) is 0 Å². The van der Waals surface area contributed by atoms with Crippen molar-refractivity contribution >= 4 is 0 Å². The molecule has 0 fully saturated rings. The van der Waals surface area contributed by atoms with Gasteiger partial charge in [0.15, 0.2) is 0 Å². The summed E-state index contributed by atoms with van der Waals surface area (Å²) in [6, 6.07) is 0. The van der Waals surface area contributed by atoms with E-state index in [1.807, 2.05) is 25.2 Å². The Morgan fingerprint density at radius 1 is 1.62 bits per heavy atom. The predicted molar refractivity (Wildman–Crippen MR) is 33.2 cm³/mol. The molecule has 0 spiro atoms. The first-order valence-corrected chi connectivity index (χ1v) is 3.32. The van der Waals surface area contributed by atoms with Crippen LogP contribution in [0.25, 0.3) is 0 Å². The molecule has 0 saturated heterocycles. The third-order valence-electron chi connectivity index (χ3n) is 0.795. The molecule has 47 valence electrons. The van der Waals surface area contributed by atoms with Gasteiger partial charge in [0.2, 0.25) is 0 Å². The first kappa shape index (κ1) is 8.00. The predicted octanol–water partition coefficient (Wildman–Crippen LogP) is 2.40. The molecule has 0 rings (SSSR count). The van der Waals surface area contributed by atoms with E-state index >= 15 is 0 Å². The summed E-state index contributed by atoms with van der Waals surface area (Å²) >= 11 is 3.80. The van der Waals surface area contributed by atoms with Crippen molar-refractivity contribution in [2.24, 2.45) is 0 Å². The maximum atomic E-state index is 3.80. The Labute approximate surface area is 59.5 Å². The molecular weight excluding hydrogens is 140 g/mol. The summed E-state index contributed by atoms with van der Waals surface area (Å²) in [5.74, 6) is 0. The van der Waals surface area contributed by atoms with E-state index in [2.05, 4.69) is 22.9 Å². The molecule has 0 aliphatic heterocycles. The van der Waals surface area contributed by atoms with Crippen molar-refractivity contribution in [2.75, 3.05) is 0 Å². The van der Waals surface area contributed by atoms with Crippen LogP contribution in [0.5, 0.6) is 0 Å². The average molecular weight is 151 g/mol.